The maximum atomic E-state index is 11.7. The Bertz CT molecular complexity index is 580. The maximum Gasteiger partial charge on any atom is 0.268 e. The minimum Gasteiger partial charge on any atom is -0.476 e. The summed E-state index contributed by atoms with van der Waals surface area (Å²) < 4.78 is 5.72. The molecule has 1 aromatic carbocycles. The number of amides is 1. The summed E-state index contributed by atoms with van der Waals surface area (Å²) in [5, 5.41) is 12.0. The highest BCUT2D eigenvalue weighted by atomic mass is 16.5. The lowest BCUT2D eigenvalue weighted by atomic mass is 9.96. The molecule has 0 spiro atoms. The van der Waals surface area contributed by atoms with E-state index in [9.17, 15) is 10.1 Å². The molecule has 1 aliphatic carbocycles. The summed E-state index contributed by atoms with van der Waals surface area (Å²) in [4.78, 5) is 11.7. The number of ether oxygens (including phenoxy) is 1. The lowest BCUT2D eigenvalue weighted by Gasteiger charge is -2.32. The van der Waals surface area contributed by atoms with Gasteiger partial charge in [0.15, 0.2) is 5.60 Å². The van der Waals surface area contributed by atoms with Crippen LogP contribution >= 0.6 is 0 Å². The lowest BCUT2D eigenvalue weighted by Crippen LogP contribution is -2.45. The molecule has 1 heterocycles. The molecule has 3 rings (SSSR count). The van der Waals surface area contributed by atoms with Gasteiger partial charge in [0.25, 0.3) is 5.91 Å². The van der Waals surface area contributed by atoms with Gasteiger partial charge in [0.05, 0.1) is 17.2 Å². The van der Waals surface area contributed by atoms with Crippen molar-refractivity contribution in [3.8, 4) is 11.8 Å². The monoisotopic (exact) mass is 242 g/mol. The Kier molecular flexibility index (Phi) is 2.01. The Labute approximate surface area is 106 Å². The smallest absolute Gasteiger partial charge is 0.268 e. The van der Waals surface area contributed by atoms with Gasteiger partial charge in [-0.05, 0) is 44.4 Å². The number of anilines is 1. The summed E-state index contributed by atoms with van der Waals surface area (Å²) in [6, 6.07) is 7.96. The molecule has 1 amide bonds. The molecular formula is C14H14N2O2. The minimum atomic E-state index is -0.866. The SMILES string of the molecule is CC1(C)Oc2cc(C3(C#N)CC3)ccc2NC1=O. The Balaban J connectivity index is 2.03. The number of nitriles is 1. The van der Waals surface area contributed by atoms with E-state index in [1.54, 1.807) is 13.8 Å². The van der Waals surface area contributed by atoms with E-state index in [1.807, 2.05) is 18.2 Å². The Morgan fingerprint density at radius 3 is 2.72 bits per heavy atom. The van der Waals surface area contributed by atoms with E-state index in [1.165, 1.54) is 0 Å². The van der Waals surface area contributed by atoms with Crippen LogP contribution < -0.4 is 10.1 Å². The molecule has 4 heteroatoms. The molecule has 0 saturated heterocycles. The van der Waals surface area contributed by atoms with Crippen molar-refractivity contribution in [2.75, 3.05) is 5.32 Å². The van der Waals surface area contributed by atoms with E-state index in [0.29, 0.717) is 11.4 Å². The number of carbonyl (C=O) groups excluding carboxylic acids is 1. The van der Waals surface area contributed by atoms with Gasteiger partial charge in [-0.3, -0.25) is 4.79 Å². The Hall–Kier alpha value is -2.02. The zero-order chi connectivity index (χ0) is 13.0. The van der Waals surface area contributed by atoms with Gasteiger partial charge < -0.3 is 10.1 Å². The van der Waals surface area contributed by atoms with Gasteiger partial charge >= 0.3 is 0 Å². The lowest BCUT2D eigenvalue weighted by molar-refractivity contribution is -0.129. The molecule has 1 saturated carbocycles. The van der Waals surface area contributed by atoms with Gasteiger partial charge in [-0.1, -0.05) is 6.07 Å². The van der Waals surface area contributed by atoms with Crippen LogP contribution in [0.3, 0.4) is 0 Å². The van der Waals surface area contributed by atoms with E-state index in [4.69, 9.17) is 4.74 Å². The van der Waals surface area contributed by atoms with Gasteiger partial charge in [0.1, 0.15) is 5.75 Å². The molecule has 0 unspecified atom stereocenters. The van der Waals surface area contributed by atoms with Crippen LogP contribution in [0.5, 0.6) is 5.75 Å². The Morgan fingerprint density at radius 1 is 1.39 bits per heavy atom. The third kappa shape index (κ3) is 1.47. The number of rotatable bonds is 1. The topological polar surface area (TPSA) is 62.1 Å². The van der Waals surface area contributed by atoms with Crippen molar-refractivity contribution in [2.45, 2.75) is 37.7 Å². The molecule has 1 fully saturated rings. The zero-order valence-corrected chi connectivity index (χ0v) is 10.4. The van der Waals surface area contributed by atoms with Gasteiger partial charge in [0.2, 0.25) is 0 Å². The predicted molar refractivity (Wildman–Crippen MR) is 66.3 cm³/mol. The van der Waals surface area contributed by atoms with Gasteiger partial charge in [-0.25, -0.2) is 0 Å². The summed E-state index contributed by atoms with van der Waals surface area (Å²) in [6.45, 7) is 3.46. The van der Waals surface area contributed by atoms with E-state index in [-0.39, 0.29) is 11.3 Å². The molecule has 0 bridgehead atoms. The molecule has 92 valence electrons. The Morgan fingerprint density at radius 2 is 2.11 bits per heavy atom. The first kappa shape index (κ1) is 11.1. The summed E-state index contributed by atoms with van der Waals surface area (Å²) in [5.74, 6) is 0.503. The third-order valence-electron chi connectivity index (χ3n) is 3.66. The second-order valence-electron chi connectivity index (χ2n) is 5.47. The second kappa shape index (κ2) is 3.26. The van der Waals surface area contributed by atoms with Crippen molar-refractivity contribution in [1.82, 2.24) is 0 Å². The molecule has 1 aliphatic heterocycles. The van der Waals surface area contributed by atoms with Crippen molar-refractivity contribution in [3.05, 3.63) is 23.8 Å². The van der Waals surface area contributed by atoms with Crippen molar-refractivity contribution in [1.29, 1.82) is 5.26 Å². The molecule has 0 aromatic heterocycles. The molecular weight excluding hydrogens is 228 g/mol. The molecule has 0 atom stereocenters. The maximum absolute atomic E-state index is 11.7. The second-order valence-corrected chi connectivity index (χ2v) is 5.47. The number of nitrogens with one attached hydrogen (secondary N) is 1. The van der Waals surface area contributed by atoms with Crippen LogP contribution in [0, 0.1) is 11.3 Å². The first-order chi connectivity index (χ1) is 8.47. The van der Waals surface area contributed by atoms with Crippen LogP contribution in [0.25, 0.3) is 0 Å². The zero-order valence-electron chi connectivity index (χ0n) is 10.4. The van der Waals surface area contributed by atoms with E-state index < -0.39 is 5.60 Å². The highest BCUT2D eigenvalue weighted by molar-refractivity contribution is 6.00. The predicted octanol–water partition coefficient (Wildman–Crippen LogP) is 2.35. The number of fused-ring (bicyclic) bond motifs is 1. The fourth-order valence-corrected chi connectivity index (χ4v) is 2.19. The third-order valence-corrected chi connectivity index (χ3v) is 3.66. The standard InChI is InChI=1S/C14H14N2O2/c1-13(2)12(17)16-10-4-3-9(7-11(10)18-13)14(8-15)5-6-14/h3-4,7H,5-6H2,1-2H3,(H,16,17). The fraction of sp³-hybridized carbons (Fsp3) is 0.429. The average molecular weight is 242 g/mol. The normalized spacial score (nSPS) is 22.2. The number of benzene rings is 1. The summed E-state index contributed by atoms with van der Waals surface area (Å²) in [7, 11) is 0. The van der Waals surface area contributed by atoms with E-state index >= 15 is 0 Å². The highest BCUT2D eigenvalue weighted by Gasteiger charge is 2.46. The molecule has 0 radical (unpaired) electrons. The van der Waals surface area contributed by atoms with E-state index in [2.05, 4.69) is 11.4 Å². The van der Waals surface area contributed by atoms with Crippen molar-refractivity contribution >= 4 is 11.6 Å². The number of hydrogen-bond donors (Lipinski definition) is 1. The summed E-state index contributed by atoms with van der Waals surface area (Å²) >= 11 is 0. The number of hydrogen-bond acceptors (Lipinski definition) is 3. The van der Waals surface area contributed by atoms with Crippen LogP contribution in [0.15, 0.2) is 18.2 Å². The van der Waals surface area contributed by atoms with Gasteiger partial charge in [0, 0.05) is 0 Å². The number of nitrogens with zero attached hydrogens (tertiary/aromatic N) is 1. The van der Waals surface area contributed by atoms with Crippen LogP contribution in [0.2, 0.25) is 0 Å². The quantitative estimate of drug-likeness (QED) is 0.822. The van der Waals surface area contributed by atoms with Crippen molar-refractivity contribution in [3.63, 3.8) is 0 Å². The number of carbonyl (C=O) groups is 1. The van der Waals surface area contributed by atoms with E-state index in [0.717, 1.165) is 18.4 Å². The fourth-order valence-electron chi connectivity index (χ4n) is 2.19. The molecule has 1 N–H and O–H groups in total. The van der Waals surface area contributed by atoms with Gasteiger partial charge in [-0.2, -0.15) is 5.26 Å². The molecule has 2 aliphatic rings. The summed E-state index contributed by atoms with van der Waals surface area (Å²) in [5.41, 5.74) is 0.464. The average Bonchev–Trinajstić information content (AvgIpc) is 3.10. The first-order valence-corrected chi connectivity index (χ1v) is 6.03. The van der Waals surface area contributed by atoms with Crippen LogP contribution in [-0.4, -0.2) is 11.5 Å². The van der Waals surface area contributed by atoms with Crippen LogP contribution in [0.4, 0.5) is 5.69 Å². The van der Waals surface area contributed by atoms with Crippen LogP contribution in [0.1, 0.15) is 32.3 Å². The summed E-state index contributed by atoms with van der Waals surface area (Å²) in [6.07, 6.45) is 1.80. The van der Waals surface area contributed by atoms with Crippen LogP contribution in [-0.2, 0) is 10.2 Å². The largest absolute Gasteiger partial charge is 0.476 e. The molecule has 18 heavy (non-hydrogen) atoms. The highest BCUT2D eigenvalue weighted by Crippen LogP contribution is 2.49. The first-order valence-electron chi connectivity index (χ1n) is 6.03. The minimum absolute atomic E-state index is 0.149. The van der Waals surface area contributed by atoms with Crippen molar-refractivity contribution < 1.29 is 9.53 Å². The molecule has 1 aromatic rings. The molecule has 4 nitrogen and oxygen atoms in total. The van der Waals surface area contributed by atoms with Crippen molar-refractivity contribution in [2.24, 2.45) is 0 Å². The van der Waals surface area contributed by atoms with Gasteiger partial charge in [-0.15, -0.1) is 0 Å².